The lowest BCUT2D eigenvalue weighted by Crippen LogP contribution is -2.66. The fraction of sp³-hybridized carbons (Fsp3) is 0.429. The molecule has 2 aliphatic rings. The summed E-state index contributed by atoms with van der Waals surface area (Å²) in [5, 5.41) is 0. The molecule has 1 aromatic heterocycles. The van der Waals surface area contributed by atoms with E-state index in [0.717, 1.165) is 30.6 Å². The van der Waals surface area contributed by atoms with Crippen LogP contribution in [0.1, 0.15) is 28.8 Å². The maximum absolute atomic E-state index is 12.7. The van der Waals surface area contributed by atoms with E-state index in [2.05, 4.69) is 4.98 Å². The van der Waals surface area contributed by atoms with Gasteiger partial charge in [0.2, 0.25) is 5.88 Å². The number of amides is 1. The number of aryl methyl sites for hydroxylation is 1. The van der Waals surface area contributed by atoms with Gasteiger partial charge in [-0.05, 0) is 43.9 Å². The topological polar surface area (TPSA) is 51.7 Å². The predicted octanol–water partition coefficient (Wildman–Crippen LogP) is 3.09. The van der Waals surface area contributed by atoms with Crippen molar-refractivity contribution in [3.8, 4) is 5.88 Å². The van der Waals surface area contributed by atoms with Crippen LogP contribution in [0.2, 0.25) is 0 Å². The van der Waals surface area contributed by atoms with E-state index in [1.165, 1.54) is 0 Å². The first-order valence-corrected chi connectivity index (χ1v) is 9.20. The molecule has 1 amide bonds. The van der Waals surface area contributed by atoms with Crippen LogP contribution in [0.5, 0.6) is 5.88 Å². The molecule has 26 heavy (non-hydrogen) atoms. The molecule has 1 spiro atoms. The van der Waals surface area contributed by atoms with Crippen LogP contribution in [0, 0.1) is 12.8 Å². The average Bonchev–Trinajstić information content (AvgIpc) is 3.05. The summed E-state index contributed by atoms with van der Waals surface area (Å²) in [7, 11) is 0. The van der Waals surface area contributed by atoms with Crippen LogP contribution < -0.4 is 4.74 Å². The maximum Gasteiger partial charge on any atom is 0.254 e. The van der Waals surface area contributed by atoms with E-state index in [1.807, 2.05) is 54.3 Å². The molecule has 5 heteroatoms. The van der Waals surface area contributed by atoms with Crippen LogP contribution in [0.25, 0.3) is 0 Å². The molecule has 1 aromatic carbocycles. The number of hydrogen-bond donors (Lipinski definition) is 0. The Morgan fingerprint density at radius 3 is 2.96 bits per heavy atom. The summed E-state index contributed by atoms with van der Waals surface area (Å²) in [6.45, 7) is 4.74. The van der Waals surface area contributed by atoms with E-state index in [-0.39, 0.29) is 11.5 Å². The first kappa shape index (κ1) is 17.0. The number of carbonyl (C=O) groups is 1. The van der Waals surface area contributed by atoms with Gasteiger partial charge >= 0.3 is 0 Å². The Bertz CT molecular complexity index is 772. The van der Waals surface area contributed by atoms with Gasteiger partial charge in [-0.3, -0.25) is 4.79 Å². The molecule has 0 aliphatic carbocycles. The van der Waals surface area contributed by atoms with Gasteiger partial charge in [-0.15, -0.1) is 0 Å². The molecule has 4 rings (SSSR count). The second kappa shape index (κ2) is 7.08. The molecule has 0 saturated carbocycles. The smallest absolute Gasteiger partial charge is 0.254 e. The van der Waals surface area contributed by atoms with Crippen molar-refractivity contribution >= 4 is 5.91 Å². The minimum atomic E-state index is -0.188. The van der Waals surface area contributed by atoms with E-state index < -0.39 is 0 Å². The standard InChI is InChI=1S/C21H24N2O3/c1-16-5-4-6-17(13-16)20(24)23-14-21(15-23)18(9-12-26-21)8-11-25-19-7-2-3-10-22-19/h2-7,10,13,18H,8-9,11-12,14-15H2,1H3/t18-/m0/s1. The van der Waals surface area contributed by atoms with Gasteiger partial charge in [0, 0.05) is 24.4 Å². The molecule has 5 nitrogen and oxygen atoms in total. The minimum Gasteiger partial charge on any atom is -0.478 e. The first-order valence-electron chi connectivity index (χ1n) is 9.20. The molecule has 3 heterocycles. The Morgan fingerprint density at radius 2 is 2.19 bits per heavy atom. The normalized spacial score (nSPS) is 20.8. The molecule has 2 saturated heterocycles. The quantitative estimate of drug-likeness (QED) is 0.830. The van der Waals surface area contributed by atoms with Crippen LogP contribution in [-0.4, -0.2) is 47.7 Å². The highest BCUT2D eigenvalue weighted by Crippen LogP contribution is 2.42. The van der Waals surface area contributed by atoms with Crippen molar-refractivity contribution in [1.29, 1.82) is 0 Å². The van der Waals surface area contributed by atoms with Gasteiger partial charge in [-0.25, -0.2) is 4.98 Å². The second-order valence-electron chi connectivity index (χ2n) is 7.23. The molecule has 2 aromatic rings. The van der Waals surface area contributed by atoms with E-state index in [9.17, 15) is 4.79 Å². The number of hydrogen-bond acceptors (Lipinski definition) is 4. The average molecular weight is 352 g/mol. The molecule has 1 atom stereocenters. The number of pyridine rings is 1. The third kappa shape index (κ3) is 3.31. The van der Waals surface area contributed by atoms with E-state index in [0.29, 0.717) is 31.5 Å². The van der Waals surface area contributed by atoms with Crippen LogP contribution in [-0.2, 0) is 4.74 Å². The highest BCUT2D eigenvalue weighted by Gasteiger charge is 2.54. The zero-order chi connectivity index (χ0) is 18.0. The van der Waals surface area contributed by atoms with Gasteiger partial charge in [-0.1, -0.05) is 23.8 Å². The lowest BCUT2D eigenvalue weighted by molar-refractivity contribution is -0.119. The monoisotopic (exact) mass is 352 g/mol. The Kier molecular flexibility index (Phi) is 4.64. The molecule has 136 valence electrons. The zero-order valence-corrected chi connectivity index (χ0v) is 15.1. The number of carbonyl (C=O) groups excluding carboxylic acids is 1. The maximum atomic E-state index is 12.7. The van der Waals surface area contributed by atoms with Gasteiger partial charge in [0.15, 0.2) is 0 Å². The Balaban J connectivity index is 1.32. The molecule has 0 unspecified atom stereocenters. The molecular formula is C21H24N2O3. The zero-order valence-electron chi connectivity index (χ0n) is 15.1. The van der Waals surface area contributed by atoms with Crippen LogP contribution in [0.15, 0.2) is 48.7 Å². The number of aromatic nitrogens is 1. The molecule has 2 aliphatic heterocycles. The number of benzene rings is 1. The third-order valence-electron chi connectivity index (χ3n) is 5.42. The fourth-order valence-electron chi connectivity index (χ4n) is 3.98. The summed E-state index contributed by atoms with van der Waals surface area (Å²) in [6.07, 6.45) is 3.68. The molecule has 0 bridgehead atoms. The summed E-state index contributed by atoms with van der Waals surface area (Å²) < 4.78 is 11.8. The molecule has 0 radical (unpaired) electrons. The SMILES string of the molecule is Cc1cccc(C(=O)N2CC3(C2)OCC[C@@H]3CCOc2ccccn2)c1. The predicted molar refractivity (Wildman–Crippen MR) is 98.2 cm³/mol. The summed E-state index contributed by atoms with van der Waals surface area (Å²) >= 11 is 0. The number of nitrogens with zero attached hydrogens (tertiary/aromatic N) is 2. The van der Waals surface area contributed by atoms with Crippen molar-refractivity contribution in [3.63, 3.8) is 0 Å². The fourth-order valence-corrected chi connectivity index (χ4v) is 3.98. The Morgan fingerprint density at radius 1 is 1.31 bits per heavy atom. The van der Waals surface area contributed by atoms with Crippen LogP contribution in [0.3, 0.4) is 0 Å². The summed E-state index contributed by atoms with van der Waals surface area (Å²) in [4.78, 5) is 18.7. The van der Waals surface area contributed by atoms with Gasteiger partial charge in [0.1, 0.15) is 5.60 Å². The van der Waals surface area contributed by atoms with E-state index in [1.54, 1.807) is 6.20 Å². The third-order valence-corrected chi connectivity index (χ3v) is 5.42. The van der Waals surface area contributed by atoms with Crippen molar-refractivity contribution < 1.29 is 14.3 Å². The Labute approximate surface area is 153 Å². The summed E-state index contributed by atoms with van der Waals surface area (Å²) in [5.74, 6) is 1.18. The van der Waals surface area contributed by atoms with E-state index >= 15 is 0 Å². The lowest BCUT2D eigenvalue weighted by Gasteiger charge is -2.50. The Hall–Kier alpha value is -2.40. The van der Waals surface area contributed by atoms with E-state index in [4.69, 9.17) is 9.47 Å². The number of rotatable bonds is 5. The summed E-state index contributed by atoms with van der Waals surface area (Å²) in [5.41, 5.74) is 1.67. The lowest BCUT2D eigenvalue weighted by atomic mass is 9.79. The van der Waals surface area contributed by atoms with Crippen molar-refractivity contribution in [2.75, 3.05) is 26.3 Å². The minimum absolute atomic E-state index is 0.0957. The van der Waals surface area contributed by atoms with Gasteiger partial charge in [-0.2, -0.15) is 0 Å². The van der Waals surface area contributed by atoms with Gasteiger partial charge in [0.25, 0.3) is 5.91 Å². The second-order valence-corrected chi connectivity index (χ2v) is 7.23. The molecule has 2 fully saturated rings. The van der Waals surface area contributed by atoms with Crippen molar-refractivity contribution in [2.45, 2.75) is 25.4 Å². The van der Waals surface area contributed by atoms with Crippen LogP contribution >= 0.6 is 0 Å². The van der Waals surface area contributed by atoms with Crippen molar-refractivity contribution in [2.24, 2.45) is 5.92 Å². The molecular weight excluding hydrogens is 328 g/mol. The van der Waals surface area contributed by atoms with Gasteiger partial charge < -0.3 is 14.4 Å². The number of likely N-dealkylation sites (tertiary alicyclic amines) is 1. The van der Waals surface area contributed by atoms with Crippen molar-refractivity contribution in [3.05, 3.63) is 59.8 Å². The highest BCUT2D eigenvalue weighted by molar-refractivity contribution is 5.95. The first-order chi connectivity index (χ1) is 12.7. The van der Waals surface area contributed by atoms with Gasteiger partial charge in [0.05, 0.1) is 19.7 Å². The van der Waals surface area contributed by atoms with Crippen LogP contribution in [0.4, 0.5) is 0 Å². The highest BCUT2D eigenvalue weighted by atomic mass is 16.5. The largest absolute Gasteiger partial charge is 0.478 e. The van der Waals surface area contributed by atoms with Crippen molar-refractivity contribution in [1.82, 2.24) is 9.88 Å². The summed E-state index contributed by atoms with van der Waals surface area (Å²) in [6, 6.07) is 13.4. The number of ether oxygens (including phenoxy) is 2. The molecule has 0 N–H and O–H groups in total.